The van der Waals surface area contributed by atoms with Crippen LogP contribution in [0.5, 0.6) is 0 Å². The van der Waals surface area contributed by atoms with E-state index in [0.717, 1.165) is 23.1 Å². The Morgan fingerprint density at radius 1 is 1.42 bits per heavy atom. The Labute approximate surface area is 111 Å². The highest BCUT2D eigenvalue weighted by atomic mass is 16.5. The van der Waals surface area contributed by atoms with E-state index in [2.05, 4.69) is 9.88 Å². The van der Waals surface area contributed by atoms with Crippen molar-refractivity contribution in [3.63, 3.8) is 0 Å². The SMILES string of the molecule is Nc1cccc2c(N3CCOCC3CO)ccnc12. The maximum atomic E-state index is 9.49. The van der Waals surface area contributed by atoms with Gasteiger partial charge in [0.05, 0.1) is 37.1 Å². The van der Waals surface area contributed by atoms with Gasteiger partial charge in [-0.2, -0.15) is 0 Å². The predicted molar refractivity (Wildman–Crippen MR) is 75.2 cm³/mol. The van der Waals surface area contributed by atoms with Gasteiger partial charge in [0.2, 0.25) is 0 Å². The molecule has 1 aliphatic rings. The number of aliphatic hydroxyl groups is 1. The minimum Gasteiger partial charge on any atom is -0.397 e. The summed E-state index contributed by atoms with van der Waals surface area (Å²) < 4.78 is 5.42. The normalized spacial score (nSPS) is 19.8. The molecule has 1 atom stereocenters. The van der Waals surface area contributed by atoms with Crippen molar-refractivity contribution >= 4 is 22.3 Å². The summed E-state index contributed by atoms with van der Waals surface area (Å²) in [4.78, 5) is 6.52. The number of nitrogens with two attached hydrogens (primary N) is 1. The fourth-order valence-electron chi connectivity index (χ4n) is 2.56. The van der Waals surface area contributed by atoms with Gasteiger partial charge in [-0.3, -0.25) is 4.98 Å². The minimum absolute atomic E-state index is 0.0132. The zero-order valence-electron chi connectivity index (χ0n) is 10.6. The molecular weight excluding hydrogens is 242 g/mol. The van der Waals surface area contributed by atoms with E-state index in [1.807, 2.05) is 24.3 Å². The van der Waals surface area contributed by atoms with Crippen LogP contribution in [0.15, 0.2) is 30.5 Å². The number of para-hydroxylation sites is 1. The predicted octanol–water partition coefficient (Wildman–Crippen LogP) is 1.01. The standard InChI is InChI=1S/C14H17N3O2/c15-12-3-1-2-11-13(4-5-16-14(11)12)17-6-7-19-9-10(17)8-18/h1-5,10,18H,6-9,15H2. The van der Waals surface area contributed by atoms with Crippen LogP contribution in [0.4, 0.5) is 11.4 Å². The molecule has 0 bridgehead atoms. The molecule has 1 aromatic carbocycles. The Kier molecular flexibility index (Phi) is 3.23. The van der Waals surface area contributed by atoms with Gasteiger partial charge in [-0.15, -0.1) is 0 Å². The largest absolute Gasteiger partial charge is 0.397 e. The molecule has 5 heteroatoms. The van der Waals surface area contributed by atoms with Crippen LogP contribution in [0.2, 0.25) is 0 Å². The second-order valence-electron chi connectivity index (χ2n) is 4.68. The Hall–Kier alpha value is -1.85. The number of hydrogen-bond donors (Lipinski definition) is 2. The fraction of sp³-hybridized carbons (Fsp3) is 0.357. The monoisotopic (exact) mass is 259 g/mol. The van der Waals surface area contributed by atoms with E-state index in [1.54, 1.807) is 6.20 Å². The molecule has 1 saturated heterocycles. The molecule has 1 aromatic heterocycles. The Balaban J connectivity index is 2.11. The number of rotatable bonds is 2. The minimum atomic E-state index is -0.0132. The van der Waals surface area contributed by atoms with Crippen LogP contribution in [0.25, 0.3) is 10.9 Å². The van der Waals surface area contributed by atoms with Gasteiger partial charge in [0.25, 0.3) is 0 Å². The van der Waals surface area contributed by atoms with Crippen molar-refractivity contribution in [2.75, 3.05) is 37.0 Å². The fourth-order valence-corrected chi connectivity index (χ4v) is 2.56. The topological polar surface area (TPSA) is 71.6 Å². The molecule has 3 N–H and O–H groups in total. The Bertz CT molecular complexity index is 588. The van der Waals surface area contributed by atoms with E-state index in [1.165, 1.54) is 0 Å². The van der Waals surface area contributed by atoms with Crippen LogP contribution in [0.1, 0.15) is 0 Å². The van der Waals surface area contributed by atoms with E-state index >= 15 is 0 Å². The summed E-state index contributed by atoms with van der Waals surface area (Å²) in [6.07, 6.45) is 1.76. The molecular formula is C14H17N3O2. The van der Waals surface area contributed by atoms with Crippen LogP contribution in [-0.2, 0) is 4.74 Å². The molecule has 100 valence electrons. The molecule has 2 aromatic rings. The number of morpholine rings is 1. The average molecular weight is 259 g/mol. The highest BCUT2D eigenvalue weighted by Gasteiger charge is 2.24. The lowest BCUT2D eigenvalue weighted by Gasteiger charge is -2.36. The van der Waals surface area contributed by atoms with Gasteiger partial charge in [0, 0.05) is 23.8 Å². The summed E-state index contributed by atoms with van der Waals surface area (Å²) in [6, 6.07) is 7.74. The van der Waals surface area contributed by atoms with Gasteiger partial charge < -0.3 is 20.5 Å². The number of nitrogen functional groups attached to an aromatic ring is 1. The van der Waals surface area contributed by atoms with Crippen molar-refractivity contribution in [2.45, 2.75) is 6.04 Å². The van der Waals surface area contributed by atoms with E-state index < -0.39 is 0 Å². The van der Waals surface area contributed by atoms with Crippen LogP contribution in [0, 0.1) is 0 Å². The first-order valence-corrected chi connectivity index (χ1v) is 6.39. The first kappa shape index (κ1) is 12.2. The van der Waals surface area contributed by atoms with Gasteiger partial charge in [0.15, 0.2) is 0 Å². The summed E-state index contributed by atoms with van der Waals surface area (Å²) in [5.41, 5.74) is 8.50. The number of anilines is 2. The molecule has 1 unspecified atom stereocenters. The summed E-state index contributed by atoms with van der Waals surface area (Å²) in [7, 11) is 0. The molecule has 3 rings (SSSR count). The molecule has 0 aliphatic carbocycles. The van der Waals surface area contributed by atoms with Crippen molar-refractivity contribution in [3.05, 3.63) is 30.5 Å². The van der Waals surface area contributed by atoms with Crippen molar-refractivity contribution in [2.24, 2.45) is 0 Å². The third kappa shape index (κ3) is 2.11. The van der Waals surface area contributed by atoms with E-state index in [0.29, 0.717) is 18.9 Å². The van der Waals surface area contributed by atoms with Crippen molar-refractivity contribution < 1.29 is 9.84 Å². The highest BCUT2D eigenvalue weighted by molar-refractivity contribution is 5.98. The number of hydrogen-bond acceptors (Lipinski definition) is 5. The molecule has 1 aliphatic heterocycles. The van der Waals surface area contributed by atoms with Gasteiger partial charge in [0.1, 0.15) is 0 Å². The Morgan fingerprint density at radius 2 is 2.32 bits per heavy atom. The zero-order chi connectivity index (χ0) is 13.2. The molecule has 5 nitrogen and oxygen atoms in total. The molecule has 0 saturated carbocycles. The zero-order valence-corrected chi connectivity index (χ0v) is 10.6. The Morgan fingerprint density at radius 3 is 3.16 bits per heavy atom. The number of aromatic nitrogens is 1. The lowest BCUT2D eigenvalue weighted by molar-refractivity contribution is 0.0728. The average Bonchev–Trinajstić information content (AvgIpc) is 2.47. The first-order valence-electron chi connectivity index (χ1n) is 6.39. The summed E-state index contributed by atoms with van der Waals surface area (Å²) in [6.45, 7) is 2.05. The highest BCUT2D eigenvalue weighted by Crippen LogP contribution is 2.30. The molecule has 1 fully saturated rings. The van der Waals surface area contributed by atoms with Gasteiger partial charge >= 0.3 is 0 Å². The number of nitrogens with zero attached hydrogens (tertiary/aromatic N) is 2. The summed E-state index contributed by atoms with van der Waals surface area (Å²) >= 11 is 0. The lowest BCUT2D eigenvalue weighted by atomic mass is 10.1. The molecule has 19 heavy (non-hydrogen) atoms. The number of ether oxygens (including phenoxy) is 1. The molecule has 2 heterocycles. The van der Waals surface area contributed by atoms with Crippen LogP contribution >= 0.6 is 0 Å². The van der Waals surface area contributed by atoms with Crippen LogP contribution in [0.3, 0.4) is 0 Å². The maximum Gasteiger partial charge on any atom is 0.0951 e. The van der Waals surface area contributed by atoms with Crippen molar-refractivity contribution in [3.8, 4) is 0 Å². The van der Waals surface area contributed by atoms with Crippen molar-refractivity contribution in [1.82, 2.24) is 4.98 Å². The number of pyridine rings is 1. The smallest absolute Gasteiger partial charge is 0.0951 e. The molecule has 0 spiro atoms. The second kappa shape index (κ2) is 5.03. The third-order valence-electron chi connectivity index (χ3n) is 3.53. The van der Waals surface area contributed by atoms with Crippen LogP contribution in [-0.4, -0.2) is 42.5 Å². The van der Waals surface area contributed by atoms with Gasteiger partial charge in [-0.1, -0.05) is 12.1 Å². The van der Waals surface area contributed by atoms with E-state index in [-0.39, 0.29) is 12.6 Å². The number of fused-ring (bicyclic) bond motifs is 1. The lowest BCUT2D eigenvalue weighted by Crippen LogP contribution is -2.47. The maximum absolute atomic E-state index is 9.49. The van der Waals surface area contributed by atoms with Crippen LogP contribution < -0.4 is 10.6 Å². The summed E-state index contributed by atoms with van der Waals surface area (Å²) in [5, 5.41) is 10.5. The summed E-state index contributed by atoms with van der Waals surface area (Å²) in [5.74, 6) is 0. The quantitative estimate of drug-likeness (QED) is 0.788. The molecule has 0 amide bonds. The third-order valence-corrected chi connectivity index (χ3v) is 3.53. The van der Waals surface area contributed by atoms with Gasteiger partial charge in [-0.05, 0) is 12.1 Å². The van der Waals surface area contributed by atoms with Gasteiger partial charge in [-0.25, -0.2) is 0 Å². The number of aliphatic hydroxyl groups excluding tert-OH is 1. The molecule has 0 radical (unpaired) electrons. The number of benzene rings is 1. The van der Waals surface area contributed by atoms with E-state index in [9.17, 15) is 5.11 Å². The van der Waals surface area contributed by atoms with E-state index in [4.69, 9.17) is 10.5 Å². The first-order chi connectivity index (χ1) is 9.31. The second-order valence-corrected chi connectivity index (χ2v) is 4.68. The van der Waals surface area contributed by atoms with Crippen molar-refractivity contribution in [1.29, 1.82) is 0 Å².